The van der Waals surface area contributed by atoms with Crippen LogP contribution in [0, 0.1) is 0 Å². The van der Waals surface area contributed by atoms with Crippen LogP contribution in [0.1, 0.15) is 43.7 Å². The van der Waals surface area contributed by atoms with E-state index in [0.717, 1.165) is 23.3 Å². The molecule has 0 fully saturated rings. The van der Waals surface area contributed by atoms with Crippen molar-refractivity contribution in [1.29, 1.82) is 0 Å². The van der Waals surface area contributed by atoms with Crippen LogP contribution < -0.4 is 4.74 Å². The molecule has 0 aliphatic rings. The Bertz CT molecular complexity index is 800. The lowest BCUT2D eigenvalue weighted by Gasteiger charge is -2.11. The molecule has 0 saturated heterocycles. The summed E-state index contributed by atoms with van der Waals surface area (Å²) < 4.78 is 40.3. The summed E-state index contributed by atoms with van der Waals surface area (Å²) in [5, 5.41) is 0. The van der Waals surface area contributed by atoms with Crippen LogP contribution in [0.2, 0.25) is 0 Å². The SMILES string of the molecule is CCC(C)c1ccc(S(=O)(=O)OCCCc2ccccc2OCOC)cc1. The topological polar surface area (TPSA) is 61.8 Å². The molecule has 2 rings (SSSR count). The summed E-state index contributed by atoms with van der Waals surface area (Å²) in [4.78, 5) is 0.193. The summed E-state index contributed by atoms with van der Waals surface area (Å²) in [5.41, 5.74) is 2.12. The lowest BCUT2D eigenvalue weighted by molar-refractivity contribution is 0.0504. The highest BCUT2D eigenvalue weighted by Gasteiger charge is 2.15. The Kier molecular flexibility index (Phi) is 8.28. The normalized spacial score (nSPS) is 12.7. The van der Waals surface area contributed by atoms with Crippen LogP contribution in [-0.2, 0) is 25.5 Å². The highest BCUT2D eigenvalue weighted by Crippen LogP contribution is 2.22. The van der Waals surface area contributed by atoms with E-state index in [1.54, 1.807) is 19.2 Å². The first-order valence-corrected chi connectivity index (χ1v) is 10.6. The lowest BCUT2D eigenvalue weighted by Crippen LogP contribution is -2.09. The molecule has 1 atom stereocenters. The van der Waals surface area contributed by atoms with Crippen molar-refractivity contribution in [2.45, 2.75) is 43.9 Å². The van der Waals surface area contributed by atoms with E-state index in [2.05, 4.69) is 13.8 Å². The second-order valence-corrected chi connectivity index (χ2v) is 8.03. The summed E-state index contributed by atoms with van der Waals surface area (Å²) in [6.07, 6.45) is 2.23. The van der Waals surface area contributed by atoms with E-state index in [4.69, 9.17) is 13.7 Å². The summed E-state index contributed by atoms with van der Waals surface area (Å²) in [6.45, 7) is 4.52. The number of hydrogen-bond acceptors (Lipinski definition) is 5. The van der Waals surface area contributed by atoms with E-state index in [1.165, 1.54) is 0 Å². The predicted octanol–water partition coefficient (Wildman–Crippen LogP) is 4.52. The third-order valence-corrected chi connectivity index (χ3v) is 5.81. The van der Waals surface area contributed by atoms with Gasteiger partial charge in [-0.2, -0.15) is 8.42 Å². The van der Waals surface area contributed by atoms with Crippen molar-refractivity contribution in [3.63, 3.8) is 0 Å². The zero-order chi connectivity index (χ0) is 19.7. The molecule has 148 valence electrons. The van der Waals surface area contributed by atoms with Crippen LogP contribution in [0.3, 0.4) is 0 Å². The first-order chi connectivity index (χ1) is 13.0. The molecule has 0 amide bonds. The number of benzene rings is 2. The second-order valence-electron chi connectivity index (χ2n) is 6.42. The Morgan fingerprint density at radius 1 is 1.04 bits per heavy atom. The van der Waals surface area contributed by atoms with E-state index >= 15 is 0 Å². The largest absolute Gasteiger partial charge is 0.467 e. The predicted molar refractivity (Wildman–Crippen MR) is 106 cm³/mol. The number of para-hydroxylation sites is 1. The number of methoxy groups -OCH3 is 1. The van der Waals surface area contributed by atoms with Gasteiger partial charge in [0.25, 0.3) is 10.1 Å². The molecule has 0 N–H and O–H groups in total. The highest BCUT2D eigenvalue weighted by molar-refractivity contribution is 7.86. The fraction of sp³-hybridized carbons (Fsp3) is 0.429. The first-order valence-electron chi connectivity index (χ1n) is 9.17. The van der Waals surface area contributed by atoms with Gasteiger partial charge in [-0.05, 0) is 54.5 Å². The van der Waals surface area contributed by atoms with E-state index in [-0.39, 0.29) is 18.3 Å². The van der Waals surface area contributed by atoms with Crippen molar-refractivity contribution in [3.05, 3.63) is 59.7 Å². The Morgan fingerprint density at radius 2 is 1.74 bits per heavy atom. The van der Waals surface area contributed by atoms with Crippen LogP contribution in [0.25, 0.3) is 0 Å². The smallest absolute Gasteiger partial charge is 0.296 e. The van der Waals surface area contributed by atoms with Gasteiger partial charge in [0.1, 0.15) is 5.75 Å². The Hall–Kier alpha value is -1.89. The zero-order valence-electron chi connectivity index (χ0n) is 16.2. The zero-order valence-corrected chi connectivity index (χ0v) is 17.0. The molecule has 0 bridgehead atoms. The van der Waals surface area contributed by atoms with Crippen LogP contribution in [0.5, 0.6) is 5.75 Å². The van der Waals surface area contributed by atoms with Gasteiger partial charge in [-0.1, -0.05) is 44.2 Å². The molecular formula is C21H28O5S. The fourth-order valence-corrected chi connectivity index (χ4v) is 3.61. The molecule has 27 heavy (non-hydrogen) atoms. The van der Waals surface area contributed by atoms with E-state index in [9.17, 15) is 8.42 Å². The van der Waals surface area contributed by atoms with Gasteiger partial charge >= 0.3 is 0 Å². The summed E-state index contributed by atoms with van der Waals surface area (Å²) in [5.74, 6) is 1.14. The minimum atomic E-state index is -3.74. The van der Waals surface area contributed by atoms with Gasteiger partial charge in [-0.15, -0.1) is 0 Å². The van der Waals surface area contributed by atoms with Gasteiger partial charge in [0, 0.05) is 7.11 Å². The van der Waals surface area contributed by atoms with Gasteiger partial charge in [0.05, 0.1) is 11.5 Å². The molecule has 2 aromatic carbocycles. The van der Waals surface area contributed by atoms with Crippen molar-refractivity contribution >= 4 is 10.1 Å². The summed E-state index contributed by atoms with van der Waals surface area (Å²) >= 11 is 0. The van der Waals surface area contributed by atoms with Gasteiger partial charge in [-0.25, -0.2) is 0 Å². The van der Waals surface area contributed by atoms with Crippen LogP contribution in [0.15, 0.2) is 53.4 Å². The molecule has 0 aromatic heterocycles. The minimum Gasteiger partial charge on any atom is -0.467 e. The van der Waals surface area contributed by atoms with Gasteiger partial charge < -0.3 is 9.47 Å². The van der Waals surface area contributed by atoms with E-state index < -0.39 is 10.1 Å². The van der Waals surface area contributed by atoms with Gasteiger partial charge in [0.15, 0.2) is 6.79 Å². The number of rotatable bonds is 11. The Labute approximate surface area is 162 Å². The average Bonchev–Trinajstić information content (AvgIpc) is 2.70. The molecule has 2 aromatic rings. The number of ether oxygens (including phenoxy) is 2. The maximum absolute atomic E-state index is 12.3. The molecular weight excluding hydrogens is 364 g/mol. The summed E-state index contributed by atoms with van der Waals surface area (Å²) in [7, 11) is -2.17. The molecule has 0 radical (unpaired) electrons. The molecule has 0 saturated carbocycles. The Balaban J connectivity index is 1.89. The van der Waals surface area contributed by atoms with Crippen LogP contribution >= 0.6 is 0 Å². The highest BCUT2D eigenvalue weighted by atomic mass is 32.2. The monoisotopic (exact) mass is 392 g/mol. The molecule has 0 heterocycles. The average molecular weight is 393 g/mol. The van der Waals surface area contributed by atoms with Crippen molar-refractivity contribution in [2.24, 2.45) is 0 Å². The first kappa shape index (κ1) is 21.4. The molecule has 1 unspecified atom stereocenters. The fourth-order valence-electron chi connectivity index (χ4n) is 2.67. The number of hydrogen-bond donors (Lipinski definition) is 0. The molecule has 0 aliphatic carbocycles. The van der Waals surface area contributed by atoms with Gasteiger partial charge in [0.2, 0.25) is 0 Å². The van der Waals surface area contributed by atoms with Crippen molar-refractivity contribution in [2.75, 3.05) is 20.5 Å². The van der Waals surface area contributed by atoms with Crippen molar-refractivity contribution in [3.8, 4) is 5.75 Å². The van der Waals surface area contributed by atoms with Crippen LogP contribution in [0.4, 0.5) is 0 Å². The third-order valence-electron chi connectivity index (χ3n) is 4.48. The van der Waals surface area contributed by atoms with Crippen molar-refractivity contribution < 1.29 is 22.1 Å². The van der Waals surface area contributed by atoms with E-state index in [0.29, 0.717) is 18.8 Å². The second kappa shape index (κ2) is 10.4. The van der Waals surface area contributed by atoms with Crippen LogP contribution in [-0.4, -0.2) is 28.9 Å². The maximum Gasteiger partial charge on any atom is 0.296 e. The standard InChI is InChI=1S/C21H28O5S/c1-4-17(2)18-11-13-20(14-12-18)27(22,23)26-15-7-9-19-8-5-6-10-21(19)25-16-24-3/h5-6,8,10-14,17H,4,7,9,15-16H2,1-3H3. The molecule has 5 nitrogen and oxygen atoms in total. The minimum absolute atomic E-state index is 0.119. The van der Waals surface area contributed by atoms with Crippen molar-refractivity contribution in [1.82, 2.24) is 0 Å². The quantitative estimate of drug-likeness (QED) is 0.320. The third kappa shape index (κ3) is 6.34. The van der Waals surface area contributed by atoms with Gasteiger partial charge in [-0.3, -0.25) is 4.18 Å². The Morgan fingerprint density at radius 3 is 2.41 bits per heavy atom. The number of aryl methyl sites for hydroxylation is 1. The molecule has 6 heteroatoms. The maximum atomic E-state index is 12.3. The molecule has 0 spiro atoms. The van der Waals surface area contributed by atoms with E-state index in [1.807, 2.05) is 36.4 Å². The lowest BCUT2D eigenvalue weighted by atomic mass is 9.99. The summed E-state index contributed by atoms with van der Waals surface area (Å²) in [6, 6.07) is 14.6. The molecule has 0 aliphatic heterocycles.